The van der Waals surface area contributed by atoms with Gasteiger partial charge >= 0.3 is 0 Å². The Labute approximate surface area is 172 Å². The molecule has 4 unspecified atom stereocenters. The van der Waals surface area contributed by atoms with E-state index in [0.29, 0.717) is 0 Å². The molecule has 0 heterocycles. The molecule has 0 saturated heterocycles. The first-order chi connectivity index (χ1) is 13.0. The first-order valence-electron chi connectivity index (χ1n) is 12.4. The van der Waals surface area contributed by atoms with Crippen molar-refractivity contribution >= 4 is 0 Å². The van der Waals surface area contributed by atoms with Crippen LogP contribution in [-0.4, -0.2) is 0 Å². The summed E-state index contributed by atoms with van der Waals surface area (Å²) in [6, 6.07) is 0. The maximum atomic E-state index is 2.50. The second-order valence-corrected chi connectivity index (χ2v) is 9.58. The molecular weight excluding hydrogens is 324 g/mol. The van der Waals surface area contributed by atoms with Gasteiger partial charge in [0.05, 0.1) is 0 Å². The van der Waals surface area contributed by atoms with Gasteiger partial charge in [-0.2, -0.15) is 0 Å². The molecular formula is C27H50. The lowest BCUT2D eigenvalue weighted by molar-refractivity contribution is 0.294. The molecule has 0 nitrogen and oxygen atoms in total. The van der Waals surface area contributed by atoms with Crippen LogP contribution in [0.1, 0.15) is 126 Å². The SMILES string of the molecule is CC.CCCCC(C)C(C)CCC(C)CCC1CCC2=C(CCC(C)=C2)C1. The minimum absolute atomic E-state index is 0.911. The van der Waals surface area contributed by atoms with Crippen molar-refractivity contribution in [3.05, 3.63) is 22.8 Å². The second-order valence-electron chi connectivity index (χ2n) is 9.58. The van der Waals surface area contributed by atoms with Crippen molar-refractivity contribution in [1.82, 2.24) is 0 Å². The molecule has 0 radical (unpaired) electrons. The van der Waals surface area contributed by atoms with E-state index >= 15 is 0 Å². The maximum absolute atomic E-state index is 2.50. The van der Waals surface area contributed by atoms with Gasteiger partial charge in [-0.1, -0.05) is 97.3 Å². The lowest BCUT2D eigenvalue weighted by Gasteiger charge is -2.30. The molecule has 0 N–H and O–H groups in total. The van der Waals surface area contributed by atoms with Crippen molar-refractivity contribution in [3.63, 3.8) is 0 Å². The normalized spacial score (nSPS) is 22.9. The predicted molar refractivity (Wildman–Crippen MR) is 124 cm³/mol. The number of allylic oxidation sites excluding steroid dienone is 4. The molecule has 0 spiro atoms. The summed E-state index contributed by atoms with van der Waals surface area (Å²) in [5, 5.41) is 0. The van der Waals surface area contributed by atoms with Crippen LogP contribution in [0.25, 0.3) is 0 Å². The quantitative estimate of drug-likeness (QED) is 0.357. The smallest absolute Gasteiger partial charge is 0.0277 e. The second kappa shape index (κ2) is 13.6. The van der Waals surface area contributed by atoms with Gasteiger partial charge in [-0.25, -0.2) is 0 Å². The third-order valence-corrected chi connectivity index (χ3v) is 7.22. The van der Waals surface area contributed by atoms with Crippen LogP contribution < -0.4 is 0 Å². The molecule has 2 aliphatic rings. The van der Waals surface area contributed by atoms with Gasteiger partial charge in [0.25, 0.3) is 0 Å². The lowest BCUT2D eigenvalue weighted by atomic mass is 9.76. The molecule has 0 amide bonds. The van der Waals surface area contributed by atoms with Crippen LogP contribution in [0.4, 0.5) is 0 Å². The number of hydrogen-bond donors (Lipinski definition) is 0. The van der Waals surface area contributed by atoms with Crippen LogP contribution >= 0.6 is 0 Å². The van der Waals surface area contributed by atoms with E-state index in [1.807, 2.05) is 19.4 Å². The molecule has 2 rings (SSSR count). The van der Waals surface area contributed by atoms with Crippen LogP contribution in [0.15, 0.2) is 22.8 Å². The molecule has 27 heavy (non-hydrogen) atoms. The van der Waals surface area contributed by atoms with Gasteiger partial charge in [0.15, 0.2) is 0 Å². The van der Waals surface area contributed by atoms with Crippen LogP contribution in [0.2, 0.25) is 0 Å². The zero-order valence-electron chi connectivity index (χ0n) is 19.9. The minimum atomic E-state index is 0.911. The van der Waals surface area contributed by atoms with Crippen LogP contribution in [0.5, 0.6) is 0 Å². The first-order valence-corrected chi connectivity index (χ1v) is 12.4. The van der Waals surface area contributed by atoms with E-state index in [1.54, 1.807) is 11.1 Å². The van der Waals surface area contributed by atoms with Crippen LogP contribution in [0.3, 0.4) is 0 Å². The molecule has 0 aliphatic heterocycles. The Bertz CT molecular complexity index is 453. The van der Waals surface area contributed by atoms with Gasteiger partial charge in [0.2, 0.25) is 0 Å². The third kappa shape index (κ3) is 9.01. The van der Waals surface area contributed by atoms with Gasteiger partial charge < -0.3 is 0 Å². The van der Waals surface area contributed by atoms with E-state index in [2.05, 4.69) is 40.7 Å². The van der Waals surface area contributed by atoms with E-state index < -0.39 is 0 Å². The van der Waals surface area contributed by atoms with Crippen molar-refractivity contribution in [2.45, 2.75) is 126 Å². The van der Waals surface area contributed by atoms with Crippen LogP contribution in [-0.2, 0) is 0 Å². The van der Waals surface area contributed by atoms with E-state index in [-0.39, 0.29) is 0 Å². The average molecular weight is 375 g/mol. The fourth-order valence-electron chi connectivity index (χ4n) is 4.83. The number of hydrogen-bond acceptors (Lipinski definition) is 0. The Hall–Kier alpha value is -0.520. The van der Waals surface area contributed by atoms with Gasteiger partial charge in [0, 0.05) is 0 Å². The highest BCUT2D eigenvalue weighted by atomic mass is 14.3. The molecule has 158 valence electrons. The molecule has 0 aromatic rings. The maximum Gasteiger partial charge on any atom is -0.0277 e. The number of unbranched alkanes of at least 4 members (excludes halogenated alkanes) is 1. The summed E-state index contributed by atoms with van der Waals surface area (Å²) < 4.78 is 0. The largest absolute Gasteiger partial charge is 0.0727 e. The minimum Gasteiger partial charge on any atom is -0.0727 e. The highest BCUT2D eigenvalue weighted by Crippen LogP contribution is 2.39. The Morgan fingerprint density at radius 2 is 1.63 bits per heavy atom. The third-order valence-electron chi connectivity index (χ3n) is 7.22. The summed E-state index contributed by atoms with van der Waals surface area (Å²) in [6.45, 7) is 16.1. The fourth-order valence-corrected chi connectivity index (χ4v) is 4.83. The van der Waals surface area contributed by atoms with Crippen molar-refractivity contribution in [2.75, 3.05) is 0 Å². The van der Waals surface area contributed by atoms with Gasteiger partial charge in [-0.15, -0.1) is 0 Å². The van der Waals surface area contributed by atoms with E-state index in [9.17, 15) is 0 Å². The van der Waals surface area contributed by atoms with Crippen molar-refractivity contribution in [1.29, 1.82) is 0 Å². The predicted octanol–water partition coefficient (Wildman–Crippen LogP) is 9.51. The summed E-state index contributed by atoms with van der Waals surface area (Å²) in [5.41, 5.74) is 5.13. The Kier molecular flexibility index (Phi) is 12.4. The van der Waals surface area contributed by atoms with Gasteiger partial charge in [-0.05, 0) is 74.7 Å². The molecule has 0 saturated carbocycles. The zero-order chi connectivity index (χ0) is 20.2. The van der Waals surface area contributed by atoms with Crippen molar-refractivity contribution in [3.8, 4) is 0 Å². The summed E-state index contributed by atoms with van der Waals surface area (Å²) >= 11 is 0. The zero-order valence-corrected chi connectivity index (χ0v) is 19.9. The standard InChI is InChI=1S/C25H44.C2H6/c1-6-7-8-21(4)22(5)12-9-19(2)10-13-23-14-16-24-17-20(3)11-15-25(24)18-23;1-2/h17,19,21-23H,6-16,18H2,1-5H3;1-2H3. The fraction of sp³-hybridized carbons (Fsp3) is 0.852. The molecule has 0 bridgehead atoms. The first kappa shape index (κ1) is 24.5. The highest BCUT2D eigenvalue weighted by Gasteiger charge is 2.22. The molecule has 4 atom stereocenters. The summed E-state index contributed by atoms with van der Waals surface area (Å²) in [5.74, 6) is 3.73. The average Bonchev–Trinajstić information content (AvgIpc) is 2.69. The van der Waals surface area contributed by atoms with E-state index in [4.69, 9.17) is 0 Å². The molecule has 0 heteroatoms. The topological polar surface area (TPSA) is 0 Å². The Morgan fingerprint density at radius 3 is 2.33 bits per heavy atom. The van der Waals surface area contributed by atoms with E-state index in [1.165, 1.54) is 77.0 Å². The molecule has 2 aliphatic carbocycles. The van der Waals surface area contributed by atoms with Crippen LogP contribution in [0, 0.1) is 23.7 Å². The molecule has 0 fully saturated rings. The van der Waals surface area contributed by atoms with Gasteiger partial charge in [-0.3, -0.25) is 0 Å². The van der Waals surface area contributed by atoms with Crippen molar-refractivity contribution < 1.29 is 0 Å². The van der Waals surface area contributed by atoms with Gasteiger partial charge in [0.1, 0.15) is 0 Å². The Balaban J connectivity index is 0.00000176. The Morgan fingerprint density at radius 1 is 0.926 bits per heavy atom. The number of rotatable bonds is 10. The summed E-state index contributed by atoms with van der Waals surface area (Å²) in [6.07, 6.45) is 19.4. The molecule has 0 aromatic carbocycles. The van der Waals surface area contributed by atoms with E-state index in [0.717, 1.165) is 23.7 Å². The lowest BCUT2D eigenvalue weighted by Crippen LogP contribution is -2.14. The molecule has 0 aromatic heterocycles. The summed E-state index contributed by atoms with van der Waals surface area (Å²) in [7, 11) is 0. The highest BCUT2D eigenvalue weighted by molar-refractivity contribution is 5.34. The monoisotopic (exact) mass is 374 g/mol. The van der Waals surface area contributed by atoms with Crippen molar-refractivity contribution in [2.24, 2.45) is 23.7 Å². The summed E-state index contributed by atoms with van der Waals surface area (Å²) in [4.78, 5) is 0.